The second-order valence-corrected chi connectivity index (χ2v) is 9.30. The van der Waals surface area contributed by atoms with Gasteiger partial charge in [-0.3, -0.25) is 14.9 Å². The molecule has 33 heavy (non-hydrogen) atoms. The molecule has 0 radical (unpaired) electrons. The van der Waals surface area contributed by atoms with Gasteiger partial charge in [0.2, 0.25) is 15.9 Å². The first-order valence-corrected chi connectivity index (χ1v) is 11.2. The van der Waals surface area contributed by atoms with Crippen molar-refractivity contribution in [3.8, 4) is 0 Å². The number of sulfonamides is 1. The molecule has 0 aromatic heterocycles. The van der Waals surface area contributed by atoms with Crippen molar-refractivity contribution in [1.29, 1.82) is 0 Å². The van der Waals surface area contributed by atoms with Crippen molar-refractivity contribution >= 4 is 27.7 Å². The molecule has 0 N–H and O–H groups in total. The van der Waals surface area contributed by atoms with Crippen LogP contribution in [0.4, 0.5) is 18.9 Å². The summed E-state index contributed by atoms with van der Waals surface area (Å²) in [5, 5.41) is 11.0. The van der Waals surface area contributed by atoms with E-state index in [9.17, 15) is 36.5 Å². The fourth-order valence-electron chi connectivity index (χ4n) is 3.32. The number of nitro benzene ring substituents is 1. The lowest BCUT2D eigenvalue weighted by atomic mass is 10.1. The third-order valence-electron chi connectivity index (χ3n) is 5.21. The van der Waals surface area contributed by atoms with Gasteiger partial charge in [-0.2, -0.15) is 17.5 Å². The van der Waals surface area contributed by atoms with Gasteiger partial charge in [0.25, 0.3) is 5.69 Å². The molecule has 0 bridgehead atoms. The normalized spacial score (nSPS) is 15.7. The number of rotatable bonds is 5. The van der Waals surface area contributed by atoms with Gasteiger partial charge < -0.3 is 4.90 Å². The van der Waals surface area contributed by atoms with Crippen LogP contribution in [0.5, 0.6) is 0 Å². The molecule has 1 amide bonds. The molecule has 0 spiro atoms. The van der Waals surface area contributed by atoms with Crippen molar-refractivity contribution in [2.24, 2.45) is 0 Å². The summed E-state index contributed by atoms with van der Waals surface area (Å²) >= 11 is 0. The van der Waals surface area contributed by atoms with Gasteiger partial charge in [-0.05, 0) is 36.3 Å². The van der Waals surface area contributed by atoms with Gasteiger partial charge in [-0.1, -0.05) is 18.2 Å². The minimum atomic E-state index is -4.44. The van der Waals surface area contributed by atoms with Gasteiger partial charge in [-0.25, -0.2) is 8.42 Å². The van der Waals surface area contributed by atoms with Crippen LogP contribution < -0.4 is 0 Å². The highest BCUT2D eigenvalue weighted by Crippen LogP contribution is 2.29. The van der Waals surface area contributed by atoms with Crippen LogP contribution in [0.2, 0.25) is 0 Å². The molecule has 0 aliphatic carbocycles. The molecule has 12 heteroatoms. The zero-order valence-electron chi connectivity index (χ0n) is 17.4. The first-order valence-electron chi connectivity index (χ1n) is 9.79. The molecule has 1 aliphatic rings. The Labute approximate surface area is 188 Å². The Morgan fingerprint density at radius 3 is 2.21 bits per heavy atom. The van der Waals surface area contributed by atoms with Gasteiger partial charge >= 0.3 is 6.18 Å². The van der Waals surface area contributed by atoms with E-state index < -0.39 is 32.6 Å². The minimum absolute atomic E-state index is 0.00429. The number of hydrogen-bond donors (Lipinski definition) is 0. The molecule has 176 valence electrons. The maximum absolute atomic E-state index is 13.0. The molecule has 3 rings (SSSR count). The van der Waals surface area contributed by atoms with Gasteiger partial charge in [0.1, 0.15) is 0 Å². The number of nitrogens with zero attached hydrogens (tertiary/aromatic N) is 3. The van der Waals surface area contributed by atoms with Crippen LogP contribution in [0.3, 0.4) is 0 Å². The summed E-state index contributed by atoms with van der Waals surface area (Å²) in [6.07, 6.45) is -1.84. The monoisotopic (exact) mass is 483 g/mol. The van der Waals surface area contributed by atoms with Crippen LogP contribution in [0.25, 0.3) is 6.08 Å². The van der Waals surface area contributed by atoms with Crippen LogP contribution in [-0.4, -0.2) is 54.6 Å². The van der Waals surface area contributed by atoms with Crippen LogP contribution in [0.15, 0.2) is 53.4 Å². The van der Waals surface area contributed by atoms with E-state index in [1.807, 2.05) is 0 Å². The average Bonchev–Trinajstić information content (AvgIpc) is 2.77. The molecule has 2 aromatic carbocycles. The summed E-state index contributed by atoms with van der Waals surface area (Å²) in [7, 11) is -3.99. The predicted octanol–water partition coefficient (Wildman–Crippen LogP) is 3.47. The highest BCUT2D eigenvalue weighted by molar-refractivity contribution is 7.89. The molecule has 1 fully saturated rings. The number of carbonyl (C=O) groups excluding carboxylic acids is 1. The molecule has 0 unspecified atom stereocenters. The molecule has 1 saturated heterocycles. The molecule has 1 aliphatic heterocycles. The molecular weight excluding hydrogens is 463 g/mol. The summed E-state index contributed by atoms with van der Waals surface area (Å²) in [6.45, 7) is 1.75. The summed E-state index contributed by atoms with van der Waals surface area (Å²) in [5.41, 5.74) is -0.332. The molecular formula is C21H20F3N3O5S. The SMILES string of the molecule is Cc1ccc([N+](=O)[O-])cc1S(=O)(=O)N1CCN(C(=O)/C=C/c2ccc(C(F)(F)F)cc2)CC1. The fraction of sp³-hybridized carbons (Fsp3) is 0.286. The number of amides is 1. The zero-order chi connectivity index (χ0) is 24.4. The van der Waals surface area contributed by atoms with Crippen LogP contribution >= 0.6 is 0 Å². The van der Waals surface area contributed by atoms with Crippen LogP contribution in [0.1, 0.15) is 16.7 Å². The third-order valence-corrected chi connectivity index (χ3v) is 7.25. The number of aryl methyl sites for hydroxylation is 1. The van der Waals surface area contributed by atoms with E-state index in [4.69, 9.17) is 0 Å². The van der Waals surface area contributed by atoms with Gasteiger partial charge in [0, 0.05) is 44.4 Å². The molecule has 0 saturated carbocycles. The Morgan fingerprint density at radius 1 is 1.06 bits per heavy atom. The fourth-order valence-corrected chi connectivity index (χ4v) is 4.99. The Bertz CT molecular complexity index is 1190. The van der Waals surface area contributed by atoms with Crippen molar-refractivity contribution in [3.63, 3.8) is 0 Å². The Balaban J connectivity index is 1.64. The number of benzene rings is 2. The van der Waals surface area contributed by atoms with Crippen molar-refractivity contribution < 1.29 is 31.3 Å². The highest BCUT2D eigenvalue weighted by atomic mass is 32.2. The van der Waals surface area contributed by atoms with E-state index >= 15 is 0 Å². The van der Waals surface area contributed by atoms with Gasteiger partial charge in [0.15, 0.2) is 0 Å². The lowest BCUT2D eigenvalue weighted by Gasteiger charge is -2.33. The van der Waals surface area contributed by atoms with E-state index in [-0.39, 0.29) is 36.8 Å². The van der Waals surface area contributed by atoms with Crippen molar-refractivity contribution in [3.05, 3.63) is 75.3 Å². The van der Waals surface area contributed by atoms with E-state index in [0.717, 1.165) is 18.2 Å². The van der Waals surface area contributed by atoms with E-state index in [2.05, 4.69) is 0 Å². The van der Waals surface area contributed by atoms with E-state index in [1.165, 1.54) is 45.6 Å². The molecule has 8 nitrogen and oxygen atoms in total. The molecule has 0 atom stereocenters. The number of non-ortho nitro benzene ring substituents is 1. The molecule has 2 aromatic rings. The zero-order valence-corrected chi connectivity index (χ0v) is 18.3. The predicted molar refractivity (Wildman–Crippen MR) is 114 cm³/mol. The van der Waals surface area contributed by atoms with Crippen LogP contribution in [-0.2, 0) is 21.0 Å². The number of hydrogen-bond acceptors (Lipinski definition) is 5. The maximum atomic E-state index is 13.0. The smallest absolute Gasteiger partial charge is 0.337 e. The first-order chi connectivity index (χ1) is 15.4. The lowest BCUT2D eigenvalue weighted by molar-refractivity contribution is -0.385. The first kappa shape index (κ1) is 24.4. The second-order valence-electron chi connectivity index (χ2n) is 7.39. The van der Waals surface area contributed by atoms with Crippen LogP contribution in [0, 0.1) is 17.0 Å². The Kier molecular flexibility index (Phi) is 6.89. The summed E-state index contributed by atoms with van der Waals surface area (Å²) < 4.78 is 65.0. The standard InChI is InChI=1S/C21H20F3N3O5S/c1-15-2-8-18(27(29)30)14-19(15)33(31,32)26-12-10-25(11-13-26)20(28)9-5-16-3-6-17(7-4-16)21(22,23)24/h2-9,14H,10-13H2,1H3/b9-5+. The van der Waals surface area contributed by atoms with E-state index in [1.54, 1.807) is 6.92 Å². The van der Waals surface area contributed by atoms with Crippen molar-refractivity contribution in [2.75, 3.05) is 26.2 Å². The summed E-state index contributed by atoms with van der Waals surface area (Å²) in [6, 6.07) is 7.96. The van der Waals surface area contributed by atoms with Gasteiger partial charge in [0.05, 0.1) is 15.4 Å². The van der Waals surface area contributed by atoms with Crippen molar-refractivity contribution in [2.45, 2.75) is 18.0 Å². The summed E-state index contributed by atoms with van der Waals surface area (Å²) in [5.74, 6) is -0.404. The summed E-state index contributed by atoms with van der Waals surface area (Å²) in [4.78, 5) is 24.0. The maximum Gasteiger partial charge on any atom is 0.416 e. The largest absolute Gasteiger partial charge is 0.416 e. The van der Waals surface area contributed by atoms with E-state index in [0.29, 0.717) is 11.1 Å². The highest BCUT2D eigenvalue weighted by Gasteiger charge is 2.32. The minimum Gasteiger partial charge on any atom is -0.337 e. The topological polar surface area (TPSA) is 101 Å². The second kappa shape index (κ2) is 9.32. The number of piperazine rings is 1. The third kappa shape index (κ3) is 5.57. The van der Waals surface area contributed by atoms with Crippen molar-refractivity contribution in [1.82, 2.24) is 9.21 Å². The van der Waals surface area contributed by atoms with Gasteiger partial charge in [-0.15, -0.1) is 0 Å². The number of halogens is 3. The number of nitro groups is 1. The quantitative estimate of drug-likeness (QED) is 0.368. The number of alkyl halides is 3. The lowest BCUT2D eigenvalue weighted by Crippen LogP contribution is -2.50. The number of carbonyl (C=O) groups is 1. The Morgan fingerprint density at radius 2 is 1.67 bits per heavy atom. The molecule has 1 heterocycles. The Hall–Kier alpha value is -3.25. The average molecular weight is 483 g/mol.